The van der Waals surface area contributed by atoms with Crippen molar-refractivity contribution in [3.8, 4) is 23.0 Å². The molecule has 0 radical (unpaired) electrons. The Morgan fingerprint density at radius 2 is 1.37 bits per heavy atom. The summed E-state index contributed by atoms with van der Waals surface area (Å²) in [6.45, 7) is 0. The maximum atomic E-state index is 13.1. The molecule has 4 aromatic rings. The second-order valence-corrected chi connectivity index (χ2v) is 8.44. The molecule has 0 aliphatic carbocycles. The van der Waals surface area contributed by atoms with Crippen LogP contribution in [0.15, 0.2) is 108 Å². The molecule has 0 bridgehead atoms. The van der Waals surface area contributed by atoms with Gasteiger partial charge in [0.25, 0.3) is 5.91 Å². The van der Waals surface area contributed by atoms with E-state index in [0.717, 1.165) is 28.0 Å². The van der Waals surface area contributed by atoms with Gasteiger partial charge in [0.05, 0.1) is 19.2 Å². The van der Waals surface area contributed by atoms with Crippen LogP contribution in [-0.2, 0) is 9.59 Å². The number of methoxy groups -OCH3 is 1. The minimum Gasteiger partial charge on any atom is -0.497 e. The molecule has 0 saturated carbocycles. The molecule has 0 fully saturated rings. The van der Waals surface area contributed by atoms with E-state index < -0.39 is 11.9 Å². The van der Waals surface area contributed by atoms with Crippen LogP contribution in [-0.4, -0.2) is 25.2 Å². The second-order valence-electron chi connectivity index (χ2n) is 8.44. The summed E-state index contributed by atoms with van der Waals surface area (Å²) in [6.07, 6.45) is 4.56. The van der Waals surface area contributed by atoms with Crippen molar-refractivity contribution in [2.75, 3.05) is 7.11 Å². The van der Waals surface area contributed by atoms with Crippen molar-refractivity contribution >= 4 is 24.2 Å². The van der Waals surface area contributed by atoms with Crippen LogP contribution in [0.1, 0.15) is 28.2 Å². The van der Waals surface area contributed by atoms with Gasteiger partial charge in [-0.1, -0.05) is 48.5 Å². The molecular weight excluding hydrogens is 480 g/mol. The van der Waals surface area contributed by atoms with Gasteiger partial charge in [-0.25, -0.2) is 10.2 Å². The van der Waals surface area contributed by atoms with E-state index in [4.69, 9.17) is 14.2 Å². The van der Waals surface area contributed by atoms with Crippen molar-refractivity contribution in [2.45, 2.75) is 5.92 Å². The molecule has 0 saturated heterocycles. The van der Waals surface area contributed by atoms with Crippen LogP contribution >= 0.6 is 0 Å². The summed E-state index contributed by atoms with van der Waals surface area (Å²) in [7, 11) is 1.60. The van der Waals surface area contributed by atoms with Gasteiger partial charge in [0.15, 0.2) is 0 Å². The summed E-state index contributed by atoms with van der Waals surface area (Å²) in [5.74, 6) is 1.14. The first-order valence-corrected chi connectivity index (χ1v) is 11.9. The number of carbonyl (C=O) groups excluding carboxylic acids is 2. The monoisotopic (exact) mass is 504 g/mol. The molecular formula is C31H24N2O5. The maximum Gasteiger partial charge on any atom is 0.336 e. The highest BCUT2D eigenvalue weighted by Gasteiger charge is 2.32. The Balaban J connectivity index is 1.19. The number of hydrazone groups is 1. The number of nitrogens with zero attached hydrogens (tertiary/aromatic N) is 1. The number of para-hydroxylation sites is 2. The van der Waals surface area contributed by atoms with Crippen LogP contribution in [0.2, 0.25) is 0 Å². The van der Waals surface area contributed by atoms with Crippen molar-refractivity contribution in [3.05, 3.63) is 125 Å². The maximum absolute atomic E-state index is 13.1. The number of carbonyl (C=O) groups is 2. The van der Waals surface area contributed by atoms with Crippen LogP contribution in [0.3, 0.4) is 0 Å². The topological polar surface area (TPSA) is 86.2 Å². The van der Waals surface area contributed by atoms with Gasteiger partial charge < -0.3 is 14.2 Å². The number of ether oxygens (including phenoxy) is 3. The van der Waals surface area contributed by atoms with E-state index in [1.54, 1.807) is 37.5 Å². The minimum absolute atomic E-state index is 0.265. The fourth-order valence-electron chi connectivity index (χ4n) is 4.08. The predicted molar refractivity (Wildman–Crippen MR) is 145 cm³/mol. The zero-order chi connectivity index (χ0) is 26.3. The SMILES string of the molecule is COc1ccc(C=CC(=O)Oc2ccc(C=NNC(=O)C3c4ccccc4Oc4ccccc43)cc2)cc1. The standard InChI is InChI=1S/C31H24N2O5/c1-36-23-15-10-21(11-16-23)14-19-29(34)37-24-17-12-22(13-18-24)20-32-33-31(35)30-25-6-2-4-8-27(25)38-28-9-5-3-7-26(28)30/h2-20,30H,1H3,(H,33,35). The highest BCUT2D eigenvalue weighted by molar-refractivity contribution is 5.91. The molecule has 38 heavy (non-hydrogen) atoms. The molecule has 5 rings (SSSR count). The number of fused-ring (bicyclic) bond motifs is 2. The summed E-state index contributed by atoms with van der Waals surface area (Å²) in [5, 5.41) is 4.14. The largest absolute Gasteiger partial charge is 0.497 e. The van der Waals surface area contributed by atoms with Gasteiger partial charge in [-0.15, -0.1) is 0 Å². The van der Waals surface area contributed by atoms with E-state index in [2.05, 4.69) is 10.5 Å². The molecule has 7 heteroatoms. The van der Waals surface area contributed by atoms with E-state index >= 15 is 0 Å². The summed E-state index contributed by atoms with van der Waals surface area (Å²) in [6, 6.07) is 29.1. The van der Waals surface area contributed by atoms with E-state index in [1.807, 2.05) is 72.8 Å². The van der Waals surface area contributed by atoms with Crippen LogP contribution in [0, 0.1) is 0 Å². The van der Waals surface area contributed by atoms with Gasteiger partial charge in [0.1, 0.15) is 23.0 Å². The van der Waals surface area contributed by atoms with Crippen LogP contribution in [0.5, 0.6) is 23.0 Å². The van der Waals surface area contributed by atoms with Crippen molar-refractivity contribution in [1.82, 2.24) is 5.43 Å². The van der Waals surface area contributed by atoms with Crippen molar-refractivity contribution in [1.29, 1.82) is 0 Å². The van der Waals surface area contributed by atoms with Gasteiger partial charge >= 0.3 is 5.97 Å². The van der Waals surface area contributed by atoms with Gasteiger partial charge in [-0.05, 0) is 65.7 Å². The zero-order valence-electron chi connectivity index (χ0n) is 20.5. The van der Waals surface area contributed by atoms with Crippen LogP contribution in [0.4, 0.5) is 0 Å². The number of hydrogen-bond donors (Lipinski definition) is 1. The third-order valence-electron chi connectivity index (χ3n) is 5.96. The smallest absolute Gasteiger partial charge is 0.336 e. The first-order valence-electron chi connectivity index (χ1n) is 11.9. The van der Waals surface area contributed by atoms with Gasteiger partial charge in [-0.3, -0.25) is 4.79 Å². The lowest BCUT2D eigenvalue weighted by Gasteiger charge is -2.26. The molecule has 0 spiro atoms. The number of nitrogens with one attached hydrogen (secondary N) is 1. The van der Waals surface area contributed by atoms with Gasteiger partial charge in [0, 0.05) is 17.2 Å². The average molecular weight is 505 g/mol. The second kappa shape index (κ2) is 11.3. The number of esters is 1. The molecule has 0 atom stereocenters. The Morgan fingerprint density at radius 1 is 0.789 bits per heavy atom. The molecule has 1 N–H and O–H groups in total. The third kappa shape index (κ3) is 5.63. The van der Waals surface area contributed by atoms with Crippen LogP contribution in [0.25, 0.3) is 6.08 Å². The highest BCUT2D eigenvalue weighted by atomic mass is 16.5. The Morgan fingerprint density at radius 3 is 2.00 bits per heavy atom. The molecule has 1 amide bonds. The fraction of sp³-hybridized carbons (Fsp3) is 0.0645. The van der Waals surface area contributed by atoms with E-state index in [1.165, 1.54) is 12.3 Å². The molecule has 1 aliphatic heterocycles. The number of rotatable bonds is 7. The minimum atomic E-state index is -0.541. The third-order valence-corrected chi connectivity index (χ3v) is 5.96. The molecule has 0 aromatic heterocycles. The molecule has 4 aromatic carbocycles. The lowest BCUT2D eigenvalue weighted by molar-refractivity contribution is -0.129. The zero-order valence-corrected chi connectivity index (χ0v) is 20.5. The molecule has 188 valence electrons. The first kappa shape index (κ1) is 24.5. The first-order chi connectivity index (χ1) is 18.6. The van der Waals surface area contributed by atoms with Gasteiger partial charge in [-0.2, -0.15) is 5.10 Å². The summed E-state index contributed by atoms with van der Waals surface area (Å²) < 4.78 is 16.4. The lowest BCUT2D eigenvalue weighted by Crippen LogP contribution is -2.28. The van der Waals surface area contributed by atoms with Gasteiger partial charge in [0.2, 0.25) is 0 Å². The Hall–Kier alpha value is -5.17. The molecule has 1 aliphatic rings. The summed E-state index contributed by atoms with van der Waals surface area (Å²) in [5.41, 5.74) is 5.79. The van der Waals surface area contributed by atoms with Crippen molar-refractivity contribution < 1.29 is 23.8 Å². The lowest BCUT2D eigenvalue weighted by atomic mass is 9.87. The molecule has 7 nitrogen and oxygen atoms in total. The number of hydrogen-bond acceptors (Lipinski definition) is 6. The van der Waals surface area contributed by atoms with E-state index in [0.29, 0.717) is 17.2 Å². The fourth-order valence-corrected chi connectivity index (χ4v) is 4.08. The summed E-state index contributed by atoms with van der Waals surface area (Å²) >= 11 is 0. The van der Waals surface area contributed by atoms with E-state index in [-0.39, 0.29) is 5.91 Å². The number of benzene rings is 4. The summed E-state index contributed by atoms with van der Waals surface area (Å²) in [4.78, 5) is 25.3. The Bertz CT molecular complexity index is 1460. The molecule has 0 unspecified atom stereocenters. The van der Waals surface area contributed by atoms with Crippen molar-refractivity contribution in [3.63, 3.8) is 0 Å². The van der Waals surface area contributed by atoms with Crippen molar-refractivity contribution in [2.24, 2.45) is 5.10 Å². The average Bonchev–Trinajstić information content (AvgIpc) is 2.96. The van der Waals surface area contributed by atoms with Crippen LogP contribution < -0.4 is 19.6 Å². The molecule has 1 heterocycles. The number of amides is 1. The Labute approximate surface area is 220 Å². The van der Waals surface area contributed by atoms with E-state index in [9.17, 15) is 9.59 Å². The highest BCUT2D eigenvalue weighted by Crippen LogP contribution is 2.43. The quantitative estimate of drug-likeness (QED) is 0.115. The Kier molecular flexibility index (Phi) is 7.27. The predicted octanol–water partition coefficient (Wildman–Crippen LogP) is 5.70. The normalized spacial score (nSPS) is 12.4.